The van der Waals surface area contributed by atoms with E-state index in [-0.39, 0.29) is 17.3 Å². The molecule has 0 aliphatic heterocycles. The Hall–Kier alpha value is -2.42. The summed E-state index contributed by atoms with van der Waals surface area (Å²) in [6.45, 7) is 0.643. The summed E-state index contributed by atoms with van der Waals surface area (Å²) in [5.41, 5.74) is 5.96. The van der Waals surface area contributed by atoms with Crippen LogP contribution in [0.1, 0.15) is 25.7 Å². The summed E-state index contributed by atoms with van der Waals surface area (Å²) in [7, 11) is 1.37. The number of carbonyl (C=O) groups is 1. The molecule has 4 N–H and O–H groups in total. The molecule has 23 heavy (non-hydrogen) atoms. The lowest BCUT2D eigenvalue weighted by molar-refractivity contribution is -0.383. The van der Waals surface area contributed by atoms with Gasteiger partial charge >= 0.3 is 5.97 Å². The number of benzene rings is 1. The Morgan fingerprint density at radius 2 is 2.13 bits per heavy atom. The third kappa shape index (κ3) is 6.92. The van der Waals surface area contributed by atoms with E-state index in [9.17, 15) is 14.9 Å². The molecule has 0 aliphatic carbocycles. The lowest BCUT2D eigenvalue weighted by Gasteiger charge is -2.10. The van der Waals surface area contributed by atoms with E-state index in [2.05, 4.69) is 15.4 Å². The van der Waals surface area contributed by atoms with Crippen LogP contribution in [0.25, 0.3) is 0 Å². The predicted octanol–water partition coefficient (Wildman–Crippen LogP) is 2.20. The zero-order valence-corrected chi connectivity index (χ0v) is 13.6. The van der Waals surface area contributed by atoms with Gasteiger partial charge in [0.25, 0.3) is 5.69 Å². The highest BCUT2D eigenvalue weighted by atomic mass is 32.1. The molecule has 8 nitrogen and oxygen atoms in total. The first-order chi connectivity index (χ1) is 10.9. The largest absolute Gasteiger partial charge is 0.469 e. The molecule has 0 atom stereocenters. The van der Waals surface area contributed by atoms with Crippen molar-refractivity contribution < 1.29 is 14.5 Å². The monoisotopic (exact) mass is 340 g/mol. The maximum Gasteiger partial charge on any atom is 0.305 e. The number of nitro groups is 1. The quantitative estimate of drug-likeness (QED) is 0.164. The van der Waals surface area contributed by atoms with Gasteiger partial charge in [0.1, 0.15) is 5.69 Å². The highest BCUT2D eigenvalue weighted by molar-refractivity contribution is 7.80. The summed E-state index contributed by atoms with van der Waals surface area (Å²) in [6, 6.07) is 4.40. The van der Waals surface area contributed by atoms with Gasteiger partial charge in [0, 0.05) is 24.7 Å². The van der Waals surface area contributed by atoms with Crippen molar-refractivity contribution in [2.24, 2.45) is 0 Å². The van der Waals surface area contributed by atoms with E-state index in [1.165, 1.54) is 19.2 Å². The number of esters is 1. The normalized spacial score (nSPS) is 9.96. The first-order valence-corrected chi connectivity index (χ1v) is 7.50. The van der Waals surface area contributed by atoms with Crippen molar-refractivity contribution in [1.82, 2.24) is 5.32 Å². The molecule has 0 spiro atoms. The van der Waals surface area contributed by atoms with E-state index >= 15 is 0 Å². The number of carbonyl (C=O) groups excluding carboxylic acids is 1. The second-order valence-electron chi connectivity index (χ2n) is 4.80. The minimum absolute atomic E-state index is 0.102. The standard InChI is InChI=1S/C14H20N4O4S/c1-22-13(19)5-3-2-4-8-16-14(23)17-10-6-7-11(15)12(9-10)18(20)21/h6-7,9H,2-5,8,15H2,1H3,(H2,16,17,23). The number of anilines is 2. The lowest BCUT2D eigenvalue weighted by atomic mass is 10.2. The second-order valence-corrected chi connectivity index (χ2v) is 5.21. The summed E-state index contributed by atoms with van der Waals surface area (Å²) in [6.07, 6.45) is 2.89. The summed E-state index contributed by atoms with van der Waals surface area (Å²) in [5, 5.41) is 17.1. The average Bonchev–Trinajstić information content (AvgIpc) is 2.52. The number of nitrogen functional groups attached to an aromatic ring is 1. The number of nitro benzene ring substituents is 1. The summed E-state index contributed by atoms with van der Waals surface area (Å²) < 4.78 is 4.55. The van der Waals surface area contributed by atoms with Gasteiger partial charge in [-0.3, -0.25) is 14.9 Å². The topological polar surface area (TPSA) is 120 Å². The van der Waals surface area contributed by atoms with Crippen LogP contribution in [0.15, 0.2) is 18.2 Å². The van der Waals surface area contributed by atoms with Gasteiger partial charge in [-0.05, 0) is 37.2 Å². The molecule has 1 aromatic rings. The second kappa shape index (κ2) is 9.57. The molecule has 0 unspecified atom stereocenters. The number of methoxy groups -OCH3 is 1. The van der Waals surface area contributed by atoms with Crippen molar-refractivity contribution in [2.45, 2.75) is 25.7 Å². The van der Waals surface area contributed by atoms with Crippen LogP contribution >= 0.6 is 12.2 Å². The van der Waals surface area contributed by atoms with Crippen molar-refractivity contribution >= 4 is 40.4 Å². The number of nitrogens with two attached hydrogens (primary N) is 1. The first-order valence-electron chi connectivity index (χ1n) is 7.09. The Balaban J connectivity index is 2.30. The van der Waals surface area contributed by atoms with Crippen LogP contribution in [0.4, 0.5) is 17.1 Å². The van der Waals surface area contributed by atoms with Gasteiger partial charge in [-0.2, -0.15) is 0 Å². The first kappa shape index (κ1) is 18.6. The summed E-state index contributed by atoms with van der Waals surface area (Å²) >= 11 is 5.12. The van der Waals surface area contributed by atoms with E-state index in [0.717, 1.165) is 19.3 Å². The van der Waals surface area contributed by atoms with Crippen molar-refractivity contribution in [3.8, 4) is 0 Å². The average molecular weight is 340 g/mol. The van der Waals surface area contributed by atoms with Crippen molar-refractivity contribution in [2.75, 3.05) is 24.7 Å². The third-order valence-corrected chi connectivity index (χ3v) is 3.30. The number of rotatable bonds is 8. The zero-order valence-electron chi connectivity index (χ0n) is 12.8. The number of ether oxygens (including phenoxy) is 1. The van der Waals surface area contributed by atoms with Crippen molar-refractivity contribution in [1.29, 1.82) is 0 Å². The molecule has 0 aromatic heterocycles. The number of unbranched alkanes of at least 4 members (excludes halogenated alkanes) is 2. The number of nitrogens with zero attached hydrogens (tertiary/aromatic N) is 1. The smallest absolute Gasteiger partial charge is 0.305 e. The molecule has 1 aromatic carbocycles. The molecule has 0 fully saturated rings. The van der Waals surface area contributed by atoms with Gasteiger partial charge in [0.2, 0.25) is 0 Å². The van der Waals surface area contributed by atoms with Crippen LogP contribution in [0.2, 0.25) is 0 Å². The maximum atomic E-state index is 10.9. The van der Waals surface area contributed by atoms with Crippen LogP contribution in [0.5, 0.6) is 0 Å². The van der Waals surface area contributed by atoms with Crippen LogP contribution in [0, 0.1) is 10.1 Å². The molecule has 0 bridgehead atoms. The molecule has 0 aliphatic rings. The number of hydrogen-bond acceptors (Lipinski definition) is 6. The van der Waals surface area contributed by atoms with Crippen LogP contribution in [0.3, 0.4) is 0 Å². The highest BCUT2D eigenvalue weighted by Gasteiger charge is 2.12. The Labute approximate surface area is 139 Å². The number of thiocarbonyl (C=S) groups is 1. The van der Waals surface area contributed by atoms with Crippen molar-refractivity contribution in [3.63, 3.8) is 0 Å². The van der Waals surface area contributed by atoms with E-state index in [1.807, 2.05) is 0 Å². The molecule has 0 amide bonds. The fraction of sp³-hybridized carbons (Fsp3) is 0.429. The van der Waals surface area contributed by atoms with E-state index < -0.39 is 4.92 Å². The molecule has 0 saturated heterocycles. The molecule has 0 saturated carbocycles. The molecular formula is C14H20N4O4S. The van der Waals surface area contributed by atoms with Gasteiger partial charge in [0.15, 0.2) is 5.11 Å². The van der Waals surface area contributed by atoms with Crippen LogP contribution < -0.4 is 16.4 Å². The molecule has 0 heterocycles. The van der Waals surface area contributed by atoms with Crippen molar-refractivity contribution in [3.05, 3.63) is 28.3 Å². The summed E-state index contributed by atoms with van der Waals surface area (Å²) in [5.74, 6) is -0.208. The van der Waals surface area contributed by atoms with E-state index in [4.69, 9.17) is 18.0 Å². The molecule has 0 radical (unpaired) electrons. The zero-order chi connectivity index (χ0) is 17.2. The SMILES string of the molecule is COC(=O)CCCCCNC(=S)Nc1ccc(N)c([N+](=O)[O-])c1. The van der Waals surface area contributed by atoms with Gasteiger partial charge in [-0.15, -0.1) is 0 Å². The van der Waals surface area contributed by atoms with Gasteiger partial charge in [0.05, 0.1) is 12.0 Å². The van der Waals surface area contributed by atoms with Crippen LogP contribution in [-0.4, -0.2) is 29.7 Å². The Kier molecular flexibility index (Phi) is 7.75. The Morgan fingerprint density at radius 3 is 2.78 bits per heavy atom. The molecule has 1 rings (SSSR count). The summed E-state index contributed by atoms with van der Waals surface area (Å²) in [4.78, 5) is 21.2. The molecule has 126 valence electrons. The van der Waals surface area contributed by atoms with Gasteiger partial charge in [-0.1, -0.05) is 6.42 Å². The molecule has 9 heteroatoms. The number of nitrogens with one attached hydrogen (secondary N) is 2. The van der Waals surface area contributed by atoms with Crippen LogP contribution in [-0.2, 0) is 9.53 Å². The Bertz CT molecular complexity index is 580. The minimum Gasteiger partial charge on any atom is -0.469 e. The minimum atomic E-state index is -0.543. The fourth-order valence-electron chi connectivity index (χ4n) is 1.83. The van der Waals surface area contributed by atoms with E-state index in [1.54, 1.807) is 6.07 Å². The fourth-order valence-corrected chi connectivity index (χ4v) is 2.05. The third-order valence-electron chi connectivity index (χ3n) is 3.06. The predicted molar refractivity (Wildman–Crippen MR) is 92.2 cm³/mol. The van der Waals surface area contributed by atoms with Gasteiger partial charge in [-0.25, -0.2) is 0 Å². The number of hydrogen-bond donors (Lipinski definition) is 3. The Morgan fingerprint density at radius 1 is 1.39 bits per heavy atom. The maximum absolute atomic E-state index is 10.9. The molecular weight excluding hydrogens is 320 g/mol. The highest BCUT2D eigenvalue weighted by Crippen LogP contribution is 2.24. The van der Waals surface area contributed by atoms with E-state index in [0.29, 0.717) is 23.8 Å². The van der Waals surface area contributed by atoms with Gasteiger partial charge < -0.3 is 21.1 Å². The lowest BCUT2D eigenvalue weighted by Crippen LogP contribution is -2.29.